The minimum atomic E-state index is 0.115. The van der Waals surface area contributed by atoms with Gasteiger partial charge in [-0.05, 0) is 31.0 Å². The van der Waals surface area contributed by atoms with E-state index in [0.29, 0.717) is 11.8 Å². The van der Waals surface area contributed by atoms with Gasteiger partial charge in [0.15, 0.2) is 4.34 Å². The lowest BCUT2D eigenvalue weighted by molar-refractivity contribution is -0.119. The molecule has 0 bridgehead atoms. The van der Waals surface area contributed by atoms with Gasteiger partial charge in [-0.3, -0.25) is 4.79 Å². The number of nitrogens with zero attached hydrogens (tertiary/aromatic N) is 1. The molecule has 1 aliphatic rings. The van der Waals surface area contributed by atoms with Crippen LogP contribution in [0.5, 0.6) is 0 Å². The second-order valence-electron chi connectivity index (χ2n) is 5.28. The number of carbonyl (C=O) groups excluding carboxylic acids is 1. The molecule has 0 atom stereocenters. The molecule has 112 valence electrons. The van der Waals surface area contributed by atoms with Crippen molar-refractivity contribution in [2.24, 2.45) is 0 Å². The van der Waals surface area contributed by atoms with Crippen molar-refractivity contribution in [2.75, 3.05) is 5.75 Å². The van der Waals surface area contributed by atoms with Gasteiger partial charge in [-0.1, -0.05) is 42.6 Å². The van der Waals surface area contributed by atoms with Gasteiger partial charge in [-0.15, -0.1) is 11.3 Å². The first-order valence-electron chi connectivity index (χ1n) is 7.19. The molecule has 1 amide bonds. The molecule has 6 heteroatoms. The number of amides is 1. The highest BCUT2D eigenvalue weighted by Gasteiger charge is 2.16. The maximum absolute atomic E-state index is 12.0. The number of thiazole rings is 1. The van der Waals surface area contributed by atoms with Gasteiger partial charge in [0.2, 0.25) is 5.91 Å². The van der Waals surface area contributed by atoms with Gasteiger partial charge < -0.3 is 5.32 Å². The summed E-state index contributed by atoms with van der Waals surface area (Å²) in [6.45, 7) is 0. The SMILES string of the molecule is O=C(CSc1nc2ccc(Cl)cc2s1)NC1CCCCC1. The Kier molecular flexibility index (Phi) is 5.03. The predicted octanol–water partition coefficient (Wildman–Crippen LogP) is 4.49. The first-order valence-corrected chi connectivity index (χ1v) is 9.37. The molecule has 3 rings (SSSR count). The predicted molar refractivity (Wildman–Crippen MR) is 90.4 cm³/mol. The van der Waals surface area contributed by atoms with E-state index >= 15 is 0 Å². The minimum absolute atomic E-state index is 0.115. The van der Waals surface area contributed by atoms with E-state index in [4.69, 9.17) is 11.6 Å². The van der Waals surface area contributed by atoms with Gasteiger partial charge in [0.1, 0.15) is 0 Å². The molecule has 1 aromatic heterocycles. The van der Waals surface area contributed by atoms with Crippen molar-refractivity contribution in [3.05, 3.63) is 23.2 Å². The first-order chi connectivity index (χ1) is 10.2. The lowest BCUT2D eigenvalue weighted by Gasteiger charge is -2.22. The van der Waals surface area contributed by atoms with E-state index in [9.17, 15) is 4.79 Å². The average Bonchev–Trinajstić information content (AvgIpc) is 2.88. The van der Waals surface area contributed by atoms with Crippen LogP contribution in [0, 0.1) is 0 Å². The fourth-order valence-electron chi connectivity index (χ4n) is 2.58. The molecule has 0 radical (unpaired) electrons. The molecule has 0 saturated heterocycles. The third kappa shape index (κ3) is 4.11. The Balaban J connectivity index is 1.54. The molecular weight excluding hydrogens is 324 g/mol. The van der Waals surface area contributed by atoms with Crippen molar-refractivity contribution in [2.45, 2.75) is 42.5 Å². The van der Waals surface area contributed by atoms with Crippen LogP contribution in [-0.4, -0.2) is 22.7 Å². The van der Waals surface area contributed by atoms with Crippen LogP contribution in [0.2, 0.25) is 5.02 Å². The number of carbonyl (C=O) groups is 1. The second-order valence-corrected chi connectivity index (χ2v) is 7.97. The number of rotatable bonds is 4. The summed E-state index contributed by atoms with van der Waals surface area (Å²) in [5.41, 5.74) is 0.944. The monoisotopic (exact) mass is 340 g/mol. The lowest BCUT2D eigenvalue weighted by atomic mass is 9.95. The zero-order chi connectivity index (χ0) is 14.7. The van der Waals surface area contributed by atoms with E-state index in [-0.39, 0.29) is 5.91 Å². The summed E-state index contributed by atoms with van der Waals surface area (Å²) < 4.78 is 1.99. The van der Waals surface area contributed by atoms with E-state index in [1.807, 2.05) is 18.2 Å². The Morgan fingerprint density at radius 2 is 2.19 bits per heavy atom. The highest BCUT2D eigenvalue weighted by atomic mass is 35.5. The van der Waals surface area contributed by atoms with Crippen molar-refractivity contribution in [1.29, 1.82) is 0 Å². The summed E-state index contributed by atoms with van der Waals surface area (Å²) in [7, 11) is 0. The highest BCUT2D eigenvalue weighted by Crippen LogP contribution is 2.31. The summed E-state index contributed by atoms with van der Waals surface area (Å²) in [6, 6.07) is 6.05. The Hall–Kier alpha value is -0.780. The summed E-state index contributed by atoms with van der Waals surface area (Å²) >= 11 is 9.06. The molecule has 0 unspecified atom stereocenters. The largest absolute Gasteiger partial charge is 0.353 e. The van der Waals surface area contributed by atoms with Gasteiger partial charge in [-0.2, -0.15) is 0 Å². The molecule has 1 heterocycles. The van der Waals surface area contributed by atoms with Gasteiger partial charge >= 0.3 is 0 Å². The van der Waals surface area contributed by atoms with E-state index in [0.717, 1.165) is 32.4 Å². The smallest absolute Gasteiger partial charge is 0.230 e. The number of nitrogens with one attached hydrogen (secondary N) is 1. The van der Waals surface area contributed by atoms with Crippen LogP contribution in [0.1, 0.15) is 32.1 Å². The molecule has 0 spiro atoms. The number of fused-ring (bicyclic) bond motifs is 1. The molecule has 21 heavy (non-hydrogen) atoms. The zero-order valence-electron chi connectivity index (χ0n) is 11.6. The number of thioether (sulfide) groups is 1. The molecule has 1 aliphatic carbocycles. The molecule has 1 fully saturated rings. The number of hydrogen-bond acceptors (Lipinski definition) is 4. The molecule has 1 N–H and O–H groups in total. The van der Waals surface area contributed by atoms with Crippen molar-refractivity contribution >= 4 is 50.8 Å². The Bertz CT molecular complexity index is 638. The van der Waals surface area contributed by atoms with Crippen LogP contribution >= 0.6 is 34.7 Å². The van der Waals surface area contributed by atoms with Crippen LogP contribution in [0.25, 0.3) is 10.2 Å². The lowest BCUT2D eigenvalue weighted by Crippen LogP contribution is -2.37. The van der Waals surface area contributed by atoms with Crippen LogP contribution in [-0.2, 0) is 4.79 Å². The van der Waals surface area contributed by atoms with Gasteiger partial charge in [0.25, 0.3) is 0 Å². The topological polar surface area (TPSA) is 42.0 Å². The van der Waals surface area contributed by atoms with Crippen molar-refractivity contribution in [3.63, 3.8) is 0 Å². The van der Waals surface area contributed by atoms with E-state index in [2.05, 4.69) is 10.3 Å². The van der Waals surface area contributed by atoms with Gasteiger partial charge in [-0.25, -0.2) is 4.98 Å². The minimum Gasteiger partial charge on any atom is -0.353 e. The van der Waals surface area contributed by atoms with Crippen molar-refractivity contribution < 1.29 is 4.79 Å². The van der Waals surface area contributed by atoms with Crippen molar-refractivity contribution in [3.8, 4) is 0 Å². The fourth-order valence-corrected chi connectivity index (χ4v) is 4.74. The van der Waals surface area contributed by atoms with Crippen LogP contribution in [0.15, 0.2) is 22.5 Å². The van der Waals surface area contributed by atoms with Gasteiger partial charge in [0.05, 0.1) is 16.0 Å². The van der Waals surface area contributed by atoms with Crippen LogP contribution in [0.4, 0.5) is 0 Å². The quantitative estimate of drug-likeness (QED) is 0.834. The molecular formula is C15H17ClN2OS2. The molecule has 3 nitrogen and oxygen atoms in total. The van der Waals surface area contributed by atoms with Crippen LogP contribution in [0.3, 0.4) is 0 Å². The Labute approximate surface area is 137 Å². The van der Waals surface area contributed by atoms with E-state index in [1.54, 1.807) is 11.3 Å². The molecule has 0 aliphatic heterocycles. The van der Waals surface area contributed by atoms with E-state index in [1.165, 1.54) is 31.0 Å². The first kappa shape index (κ1) is 15.1. The number of hydrogen-bond donors (Lipinski definition) is 1. The van der Waals surface area contributed by atoms with Crippen LogP contribution < -0.4 is 5.32 Å². The molecule has 1 saturated carbocycles. The molecule has 1 aromatic carbocycles. The standard InChI is InChI=1S/C15H17ClN2OS2/c16-10-6-7-12-13(8-10)21-15(18-12)20-9-14(19)17-11-4-2-1-3-5-11/h6-8,11H,1-5,9H2,(H,17,19). The molecule has 2 aromatic rings. The van der Waals surface area contributed by atoms with Crippen molar-refractivity contribution in [1.82, 2.24) is 10.3 Å². The highest BCUT2D eigenvalue weighted by molar-refractivity contribution is 8.01. The Morgan fingerprint density at radius 1 is 1.38 bits per heavy atom. The summed E-state index contributed by atoms with van der Waals surface area (Å²) in [5.74, 6) is 0.550. The number of aromatic nitrogens is 1. The summed E-state index contributed by atoms with van der Waals surface area (Å²) in [5, 5.41) is 3.85. The number of halogens is 1. The summed E-state index contributed by atoms with van der Waals surface area (Å²) in [4.78, 5) is 16.5. The maximum Gasteiger partial charge on any atom is 0.230 e. The Morgan fingerprint density at radius 3 is 3.00 bits per heavy atom. The average molecular weight is 341 g/mol. The van der Waals surface area contributed by atoms with E-state index < -0.39 is 0 Å². The third-order valence-corrected chi connectivity index (χ3v) is 6.02. The summed E-state index contributed by atoms with van der Waals surface area (Å²) in [6.07, 6.45) is 6.01. The normalized spacial score (nSPS) is 16.2. The third-order valence-electron chi connectivity index (χ3n) is 3.63. The zero-order valence-corrected chi connectivity index (χ0v) is 14.0. The second kappa shape index (κ2) is 6.99. The fraction of sp³-hybridized carbons (Fsp3) is 0.467. The number of benzene rings is 1. The van der Waals surface area contributed by atoms with Gasteiger partial charge in [0, 0.05) is 11.1 Å². The maximum atomic E-state index is 12.0.